The average molecular weight is 378 g/mol. The molecule has 1 unspecified atom stereocenters. The standard InChI is InChI=1S/C19H17F3N2O3/c20-19(21,22)13-3-1-12(2-4-13)11-27-15-7-5-14(6-8-15)24-10-9-16(17(23)25)18(24)26/h1-8,16H,9-11H2,(H2,23,25). The van der Waals surface area contributed by atoms with Crippen molar-refractivity contribution in [3.63, 3.8) is 0 Å². The summed E-state index contributed by atoms with van der Waals surface area (Å²) >= 11 is 0. The summed E-state index contributed by atoms with van der Waals surface area (Å²) in [5.74, 6) is -1.22. The maximum Gasteiger partial charge on any atom is 0.416 e. The van der Waals surface area contributed by atoms with E-state index in [1.165, 1.54) is 17.0 Å². The lowest BCUT2D eigenvalue weighted by molar-refractivity contribution is -0.137. The fourth-order valence-corrected chi connectivity index (χ4v) is 2.88. The smallest absolute Gasteiger partial charge is 0.416 e. The van der Waals surface area contributed by atoms with Crippen molar-refractivity contribution in [1.29, 1.82) is 0 Å². The summed E-state index contributed by atoms with van der Waals surface area (Å²) in [5.41, 5.74) is 5.74. The fourth-order valence-electron chi connectivity index (χ4n) is 2.88. The monoisotopic (exact) mass is 378 g/mol. The van der Waals surface area contributed by atoms with Gasteiger partial charge in [-0.25, -0.2) is 0 Å². The summed E-state index contributed by atoms with van der Waals surface area (Å²) in [6, 6.07) is 11.4. The van der Waals surface area contributed by atoms with Gasteiger partial charge in [-0.05, 0) is 48.4 Å². The second-order valence-corrected chi connectivity index (χ2v) is 6.21. The Hall–Kier alpha value is -3.03. The molecule has 5 nitrogen and oxygen atoms in total. The molecular weight excluding hydrogens is 361 g/mol. The highest BCUT2D eigenvalue weighted by Crippen LogP contribution is 2.30. The first kappa shape index (κ1) is 18.8. The van der Waals surface area contributed by atoms with Crippen LogP contribution in [0.5, 0.6) is 5.75 Å². The van der Waals surface area contributed by atoms with Gasteiger partial charge in [-0.1, -0.05) is 12.1 Å². The molecule has 2 amide bonds. The predicted octanol–water partition coefficient (Wildman–Crippen LogP) is 3.12. The van der Waals surface area contributed by atoms with E-state index in [0.29, 0.717) is 30.0 Å². The molecule has 3 rings (SSSR count). The van der Waals surface area contributed by atoms with E-state index < -0.39 is 23.6 Å². The van der Waals surface area contributed by atoms with Gasteiger partial charge in [0, 0.05) is 12.2 Å². The number of ether oxygens (including phenoxy) is 1. The van der Waals surface area contributed by atoms with Crippen molar-refractivity contribution in [2.24, 2.45) is 11.7 Å². The van der Waals surface area contributed by atoms with Crippen LogP contribution < -0.4 is 15.4 Å². The van der Waals surface area contributed by atoms with Crippen LogP contribution in [0.1, 0.15) is 17.5 Å². The van der Waals surface area contributed by atoms with Crippen molar-refractivity contribution in [1.82, 2.24) is 0 Å². The molecule has 8 heteroatoms. The number of carbonyl (C=O) groups excluding carboxylic acids is 2. The third kappa shape index (κ3) is 4.21. The van der Waals surface area contributed by atoms with Crippen molar-refractivity contribution in [2.75, 3.05) is 11.4 Å². The van der Waals surface area contributed by atoms with Gasteiger partial charge in [0.05, 0.1) is 5.56 Å². The highest BCUT2D eigenvalue weighted by Gasteiger charge is 2.36. The Kier molecular flexibility index (Phi) is 5.07. The number of nitrogens with zero attached hydrogens (tertiary/aromatic N) is 1. The number of primary amides is 1. The van der Waals surface area contributed by atoms with Gasteiger partial charge in [-0.2, -0.15) is 13.2 Å². The number of benzene rings is 2. The molecule has 0 spiro atoms. The Morgan fingerprint density at radius 2 is 1.74 bits per heavy atom. The number of carbonyl (C=O) groups is 2. The van der Waals surface area contributed by atoms with E-state index in [1.807, 2.05) is 0 Å². The molecule has 1 fully saturated rings. The molecule has 2 aromatic rings. The Morgan fingerprint density at radius 1 is 1.11 bits per heavy atom. The topological polar surface area (TPSA) is 72.6 Å². The van der Waals surface area contributed by atoms with Crippen LogP contribution in [0, 0.1) is 5.92 Å². The normalized spacial score (nSPS) is 17.2. The van der Waals surface area contributed by atoms with Gasteiger partial charge in [0.2, 0.25) is 11.8 Å². The van der Waals surface area contributed by atoms with Gasteiger partial charge >= 0.3 is 6.18 Å². The zero-order valence-corrected chi connectivity index (χ0v) is 14.2. The molecule has 2 N–H and O–H groups in total. The molecule has 1 heterocycles. The van der Waals surface area contributed by atoms with E-state index in [9.17, 15) is 22.8 Å². The summed E-state index contributed by atoms with van der Waals surface area (Å²) in [6.07, 6.45) is -3.98. The van der Waals surface area contributed by atoms with Gasteiger partial charge in [0.15, 0.2) is 0 Å². The van der Waals surface area contributed by atoms with Crippen molar-refractivity contribution in [3.8, 4) is 5.75 Å². The number of halogens is 3. The maximum atomic E-state index is 12.5. The first-order valence-corrected chi connectivity index (χ1v) is 8.25. The molecule has 0 aromatic heterocycles. The number of alkyl halides is 3. The van der Waals surface area contributed by atoms with Crippen molar-refractivity contribution in [2.45, 2.75) is 19.2 Å². The van der Waals surface area contributed by atoms with Crippen LogP contribution in [0.15, 0.2) is 48.5 Å². The highest BCUT2D eigenvalue weighted by atomic mass is 19.4. The lowest BCUT2D eigenvalue weighted by Crippen LogP contribution is -2.33. The van der Waals surface area contributed by atoms with E-state index in [0.717, 1.165) is 12.1 Å². The Balaban J connectivity index is 1.60. The van der Waals surface area contributed by atoms with Gasteiger partial charge in [-0.3, -0.25) is 9.59 Å². The Labute approximate surface area is 153 Å². The SMILES string of the molecule is NC(=O)C1CCN(c2ccc(OCc3ccc(C(F)(F)F)cc3)cc2)C1=O. The minimum Gasteiger partial charge on any atom is -0.489 e. The molecule has 0 aliphatic carbocycles. The van der Waals surface area contributed by atoms with E-state index in [1.54, 1.807) is 24.3 Å². The van der Waals surface area contributed by atoms with Crippen molar-refractivity contribution < 1.29 is 27.5 Å². The molecule has 1 aliphatic rings. The minimum atomic E-state index is -4.37. The number of hydrogen-bond acceptors (Lipinski definition) is 3. The van der Waals surface area contributed by atoms with Gasteiger partial charge in [0.25, 0.3) is 0 Å². The zero-order chi connectivity index (χ0) is 19.6. The molecule has 0 bridgehead atoms. The van der Waals surface area contributed by atoms with Crippen molar-refractivity contribution >= 4 is 17.5 Å². The van der Waals surface area contributed by atoms with Crippen LogP contribution in [0.4, 0.5) is 18.9 Å². The van der Waals surface area contributed by atoms with Gasteiger partial charge in [0.1, 0.15) is 18.3 Å². The molecule has 1 atom stereocenters. The number of anilines is 1. The van der Waals surface area contributed by atoms with Gasteiger partial charge < -0.3 is 15.4 Å². The summed E-state index contributed by atoms with van der Waals surface area (Å²) in [6.45, 7) is 0.530. The summed E-state index contributed by atoms with van der Waals surface area (Å²) in [4.78, 5) is 24.9. The molecular formula is C19H17F3N2O3. The third-order valence-electron chi connectivity index (χ3n) is 4.38. The summed E-state index contributed by atoms with van der Waals surface area (Å²) in [7, 11) is 0. The fraction of sp³-hybridized carbons (Fsp3) is 0.263. The van der Waals surface area contributed by atoms with E-state index in [-0.39, 0.29) is 12.5 Å². The second-order valence-electron chi connectivity index (χ2n) is 6.21. The average Bonchev–Trinajstić information content (AvgIpc) is 3.02. The van der Waals surface area contributed by atoms with Crippen LogP contribution in [-0.2, 0) is 22.4 Å². The van der Waals surface area contributed by atoms with Crippen LogP contribution in [-0.4, -0.2) is 18.4 Å². The largest absolute Gasteiger partial charge is 0.489 e. The first-order valence-electron chi connectivity index (χ1n) is 8.25. The van der Waals surface area contributed by atoms with E-state index in [4.69, 9.17) is 10.5 Å². The van der Waals surface area contributed by atoms with E-state index in [2.05, 4.69) is 0 Å². The van der Waals surface area contributed by atoms with Crippen LogP contribution in [0.2, 0.25) is 0 Å². The molecule has 1 aliphatic heterocycles. The Morgan fingerprint density at radius 3 is 2.26 bits per heavy atom. The molecule has 1 saturated heterocycles. The lowest BCUT2D eigenvalue weighted by atomic mass is 10.1. The molecule has 2 aromatic carbocycles. The first-order chi connectivity index (χ1) is 12.8. The number of rotatable bonds is 5. The molecule has 0 saturated carbocycles. The maximum absolute atomic E-state index is 12.5. The molecule has 27 heavy (non-hydrogen) atoms. The summed E-state index contributed by atoms with van der Waals surface area (Å²) < 4.78 is 43.2. The minimum absolute atomic E-state index is 0.115. The number of nitrogens with two attached hydrogens (primary N) is 1. The van der Waals surface area contributed by atoms with Gasteiger partial charge in [-0.15, -0.1) is 0 Å². The predicted molar refractivity (Wildman–Crippen MR) is 91.9 cm³/mol. The lowest BCUT2D eigenvalue weighted by Gasteiger charge is -2.17. The van der Waals surface area contributed by atoms with Crippen molar-refractivity contribution in [3.05, 3.63) is 59.7 Å². The highest BCUT2D eigenvalue weighted by molar-refractivity contribution is 6.09. The van der Waals surface area contributed by atoms with Crippen LogP contribution in [0.3, 0.4) is 0 Å². The van der Waals surface area contributed by atoms with Crippen LogP contribution in [0.25, 0.3) is 0 Å². The second kappa shape index (κ2) is 7.30. The number of hydrogen-bond donors (Lipinski definition) is 1. The molecule has 142 valence electrons. The third-order valence-corrected chi connectivity index (χ3v) is 4.38. The quantitative estimate of drug-likeness (QED) is 0.813. The zero-order valence-electron chi connectivity index (χ0n) is 14.2. The molecule has 0 radical (unpaired) electrons. The Bertz CT molecular complexity index is 833. The van der Waals surface area contributed by atoms with Crippen LogP contribution >= 0.6 is 0 Å². The summed E-state index contributed by atoms with van der Waals surface area (Å²) in [5, 5.41) is 0. The number of amides is 2. The van der Waals surface area contributed by atoms with E-state index >= 15 is 0 Å².